The number of nitrogens with zero attached hydrogens (tertiary/aromatic N) is 7. The molecule has 1 saturated heterocycles. The average Bonchev–Trinajstić information content (AvgIpc) is 3.68. The Hall–Kier alpha value is -4.96. The molecule has 49 heavy (non-hydrogen) atoms. The molecule has 0 bridgehead atoms. The number of benzene rings is 1. The van der Waals surface area contributed by atoms with E-state index in [1.807, 2.05) is 17.9 Å². The molecular weight excluding hydrogens is 669 g/mol. The second kappa shape index (κ2) is 12.5. The molecule has 6 heterocycles. The third-order valence-electron chi connectivity index (χ3n) is 9.04. The van der Waals surface area contributed by atoms with E-state index in [4.69, 9.17) is 21.3 Å². The summed E-state index contributed by atoms with van der Waals surface area (Å²) in [6.45, 7) is 3.69. The van der Waals surface area contributed by atoms with Crippen molar-refractivity contribution in [2.45, 2.75) is 37.9 Å². The molecule has 2 N–H and O–H groups in total. The van der Waals surface area contributed by atoms with Gasteiger partial charge in [-0.1, -0.05) is 24.6 Å². The van der Waals surface area contributed by atoms with Gasteiger partial charge in [0.15, 0.2) is 11.5 Å². The van der Waals surface area contributed by atoms with Crippen molar-refractivity contribution in [3.8, 4) is 5.75 Å². The molecule has 2 unspecified atom stereocenters. The SMILES string of the molecule is CC1CC(C(=O)Nc2ccc(C(F)(F)F)cc2Cl)n2c1c(N1CCN(C(=O)c3ncccc3O)CC1)c(=O)n1nc(C3=CCOCC3)nc21. The minimum atomic E-state index is -4.61. The molecule has 1 fully saturated rings. The largest absolute Gasteiger partial charge is 0.505 e. The molecular formula is C32H30ClF3N8O5. The Morgan fingerprint density at radius 2 is 1.92 bits per heavy atom. The lowest BCUT2D eigenvalue weighted by Crippen LogP contribution is -2.51. The van der Waals surface area contributed by atoms with Crippen LogP contribution in [0.4, 0.5) is 24.5 Å². The molecule has 4 aromatic rings. The number of fused-ring (bicyclic) bond motifs is 3. The summed E-state index contributed by atoms with van der Waals surface area (Å²) < 4.78 is 48.0. The molecule has 2 atom stereocenters. The fourth-order valence-corrected chi connectivity index (χ4v) is 6.83. The van der Waals surface area contributed by atoms with Crippen LogP contribution in [0.3, 0.4) is 0 Å². The number of anilines is 2. The molecule has 0 saturated carbocycles. The highest BCUT2D eigenvalue weighted by Crippen LogP contribution is 2.42. The van der Waals surface area contributed by atoms with E-state index >= 15 is 0 Å². The number of amides is 2. The second-order valence-electron chi connectivity index (χ2n) is 12.1. The van der Waals surface area contributed by atoms with Crippen LogP contribution in [0.15, 0.2) is 47.4 Å². The quantitative estimate of drug-likeness (QED) is 0.314. The molecule has 3 aliphatic heterocycles. The summed E-state index contributed by atoms with van der Waals surface area (Å²) in [6.07, 6.45) is -0.565. The van der Waals surface area contributed by atoms with Crippen LogP contribution in [0.25, 0.3) is 11.4 Å². The van der Waals surface area contributed by atoms with Crippen molar-refractivity contribution >= 4 is 46.1 Å². The van der Waals surface area contributed by atoms with Gasteiger partial charge in [-0.15, -0.1) is 5.10 Å². The lowest BCUT2D eigenvalue weighted by Gasteiger charge is -2.36. The predicted octanol–water partition coefficient (Wildman–Crippen LogP) is 4.12. The number of aromatic nitrogens is 5. The molecule has 7 rings (SSSR count). The summed E-state index contributed by atoms with van der Waals surface area (Å²) in [6, 6.07) is 4.69. The van der Waals surface area contributed by atoms with Gasteiger partial charge < -0.3 is 25.0 Å². The van der Waals surface area contributed by atoms with Gasteiger partial charge in [0.25, 0.3) is 11.5 Å². The number of piperazine rings is 1. The van der Waals surface area contributed by atoms with Gasteiger partial charge in [0.2, 0.25) is 11.7 Å². The van der Waals surface area contributed by atoms with Gasteiger partial charge in [-0.05, 0) is 48.7 Å². The molecule has 0 spiro atoms. The van der Waals surface area contributed by atoms with Crippen molar-refractivity contribution in [2.75, 3.05) is 49.6 Å². The van der Waals surface area contributed by atoms with Crippen LogP contribution in [-0.2, 0) is 15.7 Å². The zero-order valence-electron chi connectivity index (χ0n) is 26.1. The maximum Gasteiger partial charge on any atom is 0.416 e. The standard InChI is InChI=1S/C32H30ClF3N8O5/c1-17-15-22(28(46)38-21-5-4-19(16-20(21)33)32(34,35)36)43-25(17)26(30(48)44-31(43)39-27(40-44)18-6-13-49-14-7-18)41-9-11-42(12-10-41)29(47)24-23(45)3-2-8-37-24/h2-6,8,16-17,22,45H,7,9-15H2,1H3,(H,38,46). The lowest BCUT2D eigenvalue weighted by molar-refractivity contribution is -0.137. The summed E-state index contributed by atoms with van der Waals surface area (Å²) in [5.74, 6) is -1.07. The number of alkyl halides is 3. The smallest absolute Gasteiger partial charge is 0.416 e. The van der Waals surface area contributed by atoms with Gasteiger partial charge >= 0.3 is 6.18 Å². The lowest BCUT2D eigenvalue weighted by atomic mass is 10.0. The number of hydrogen-bond acceptors (Lipinski definition) is 9. The van der Waals surface area contributed by atoms with E-state index < -0.39 is 35.2 Å². The summed E-state index contributed by atoms with van der Waals surface area (Å²) in [4.78, 5) is 53.4. The van der Waals surface area contributed by atoms with E-state index in [1.54, 1.807) is 9.47 Å². The fourth-order valence-electron chi connectivity index (χ4n) is 6.60. The molecule has 256 valence electrons. The number of nitrogens with one attached hydrogen (secondary N) is 1. The van der Waals surface area contributed by atoms with Crippen LogP contribution >= 0.6 is 11.6 Å². The van der Waals surface area contributed by atoms with Gasteiger partial charge in [0, 0.05) is 38.3 Å². The first kappa shape index (κ1) is 32.6. The first-order valence-corrected chi connectivity index (χ1v) is 16.0. The Morgan fingerprint density at radius 1 is 1.14 bits per heavy atom. The van der Waals surface area contributed by atoms with E-state index in [1.165, 1.54) is 22.8 Å². The number of ether oxygens (including phenoxy) is 1. The van der Waals surface area contributed by atoms with Crippen LogP contribution in [-0.4, -0.2) is 85.4 Å². The fraction of sp³-hybridized carbons (Fsp3) is 0.375. The third kappa shape index (κ3) is 5.88. The normalized spacial score (nSPS) is 19.6. The van der Waals surface area contributed by atoms with Gasteiger partial charge in [0.05, 0.1) is 35.2 Å². The third-order valence-corrected chi connectivity index (χ3v) is 9.35. The predicted molar refractivity (Wildman–Crippen MR) is 172 cm³/mol. The van der Waals surface area contributed by atoms with Crippen LogP contribution in [0, 0.1) is 0 Å². The van der Waals surface area contributed by atoms with Crippen molar-refractivity contribution in [1.29, 1.82) is 0 Å². The summed E-state index contributed by atoms with van der Waals surface area (Å²) in [7, 11) is 0. The highest BCUT2D eigenvalue weighted by Gasteiger charge is 2.41. The minimum Gasteiger partial charge on any atom is -0.505 e. The van der Waals surface area contributed by atoms with Gasteiger partial charge in [-0.2, -0.15) is 22.7 Å². The number of rotatable bonds is 5. The molecule has 1 aromatic carbocycles. The van der Waals surface area contributed by atoms with Crippen molar-refractivity contribution in [3.63, 3.8) is 0 Å². The Kier molecular flexibility index (Phi) is 8.30. The Labute approximate surface area is 281 Å². The second-order valence-corrected chi connectivity index (χ2v) is 12.5. The van der Waals surface area contributed by atoms with E-state index in [-0.39, 0.29) is 66.4 Å². The summed E-state index contributed by atoms with van der Waals surface area (Å²) in [5.41, 5.74) is 0.216. The van der Waals surface area contributed by atoms with Crippen LogP contribution in [0.2, 0.25) is 5.02 Å². The molecule has 3 aliphatic rings. The number of hydrogen-bond donors (Lipinski definition) is 2. The Bertz CT molecular complexity index is 2070. The number of carbonyl (C=O) groups is 2. The van der Waals surface area contributed by atoms with Gasteiger partial charge in [-0.3, -0.25) is 19.0 Å². The van der Waals surface area contributed by atoms with E-state index in [9.17, 15) is 32.7 Å². The molecule has 13 nitrogen and oxygen atoms in total. The topological polar surface area (TPSA) is 147 Å². The molecule has 17 heteroatoms. The monoisotopic (exact) mass is 698 g/mol. The van der Waals surface area contributed by atoms with Crippen molar-refractivity contribution in [3.05, 3.63) is 80.8 Å². The van der Waals surface area contributed by atoms with Gasteiger partial charge in [0.1, 0.15) is 17.5 Å². The summed E-state index contributed by atoms with van der Waals surface area (Å²) in [5, 5.41) is 17.1. The number of halogens is 4. The van der Waals surface area contributed by atoms with E-state index in [2.05, 4.69) is 15.4 Å². The Balaban J connectivity index is 1.26. The average molecular weight is 699 g/mol. The Morgan fingerprint density at radius 3 is 2.59 bits per heavy atom. The summed E-state index contributed by atoms with van der Waals surface area (Å²) >= 11 is 6.17. The van der Waals surface area contributed by atoms with Crippen LogP contribution in [0.1, 0.15) is 59.3 Å². The van der Waals surface area contributed by atoms with Crippen molar-refractivity contribution < 1.29 is 32.6 Å². The number of pyridine rings is 1. The number of carbonyl (C=O) groups excluding carboxylic acids is 2. The first-order valence-electron chi connectivity index (χ1n) is 15.6. The van der Waals surface area contributed by atoms with Crippen molar-refractivity contribution in [1.82, 2.24) is 29.0 Å². The number of aromatic hydroxyl groups is 1. The molecule has 3 aromatic heterocycles. The molecule has 2 amide bonds. The van der Waals surface area contributed by atoms with Crippen molar-refractivity contribution in [2.24, 2.45) is 0 Å². The zero-order valence-corrected chi connectivity index (χ0v) is 26.8. The van der Waals surface area contributed by atoms with Gasteiger partial charge in [-0.25, -0.2) is 4.98 Å². The minimum absolute atomic E-state index is 0.00677. The van der Waals surface area contributed by atoms with E-state index in [0.29, 0.717) is 36.8 Å². The van der Waals surface area contributed by atoms with Crippen LogP contribution < -0.4 is 15.8 Å². The maximum atomic E-state index is 14.3. The highest BCUT2D eigenvalue weighted by atomic mass is 35.5. The molecule has 0 radical (unpaired) electrons. The van der Waals surface area contributed by atoms with E-state index in [0.717, 1.165) is 23.8 Å². The first-order chi connectivity index (χ1) is 23.4. The van der Waals surface area contributed by atoms with Crippen LogP contribution in [0.5, 0.6) is 5.75 Å². The zero-order chi connectivity index (χ0) is 34.6. The highest BCUT2D eigenvalue weighted by molar-refractivity contribution is 6.33. The maximum absolute atomic E-state index is 14.3. The molecule has 0 aliphatic carbocycles.